The summed E-state index contributed by atoms with van der Waals surface area (Å²) in [7, 11) is 0. The van der Waals surface area contributed by atoms with E-state index in [-0.39, 0.29) is 0 Å². The fourth-order valence-corrected chi connectivity index (χ4v) is 5.04. The highest BCUT2D eigenvalue weighted by Crippen LogP contribution is 2.45. The number of hydrogen-bond donors (Lipinski definition) is 1. The van der Waals surface area contributed by atoms with Gasteiger partial charge in [0.25, 0.3) is 0 Å². The average molecular weight is 319 g/mol. The van der Waals surface area contributed by atoms with Crippen LogP contribution < -0.4 is 0 Å². The molecule has 1 unspecified atom stereocenters. The zero-order chi connectivity index (χ0) is 15.0. The third-order valence-corrected chi connectivity index (χ3v) is 6.12. The van der Waals surface area contributed by atoms with E-state index in [1.165, 1.54) is 25.8 Å². The molecule has 1 aromatic carbocycles. The molecule has 0 amide bonds. The van der Waals surface area contributed by atoms with Crippen LogP contribution in [0.15, 0.2) is 35.2 Å². The van der Waals surface area contributed by atoms with Gasteiger partial charge in [0.2, 0.25) is 0 Å². The number of aryl methyl sites for hydroxylation is 1. The Balaban J connectivity index is 1.80. The van der Waals surface area contributed by atoms with Crippen LogP contribution in [0.25, 0.3) is 10.4 Å². The lowest BCUT2D eigenvalue weighted by Crippen LogP contribution is -2.33. The van der Waals surface area contributed by atoms with E-state index in [1.54, 1.807) is 23.3 Å². The average Bonchev–Trinajstić information content (AvgIpc) is 2.98. The predicted molar refractivity (Wildman–Crippen MR) is 87.6 cm³/mol. The predicted octanol–water partition coefficient (Wildman–Crippen LogP) is 4.41. The first-order valence-corrected chi connectivity index (χ1v) is 8.54. The van der Waals surface area contributed by atoms with Gasteiger partial charge in [-0.1, -0.05) is 36.8 Å². The number of benzene rings is 1. The van der Waals surface area contributed by atoms with Crippen LogP contribution >= 0.6 is 23.3 Å². The molecule has 3 rings (SSSR count). The third kappa shape index (κ3) is 2.86. The second kappa shape index (κ2) is 5.83. The van der Waals surface area contributed by atoms with Crippen molar-refractivity contribution in [1.82, 2.24) is 4.31 Å². The van der Waals surface area contributed by atoms with E-state index in [9.17, 15) is 9.90 Å². The lowest BCUT2D eigenvalue weighted by Gasteiger charge is -2.20. The van der Waals surface area contributed by atoms with Gasteiger partial charge in [0.1, 0.15) is 6.04 Å². The molecule has 110 valence electrons. The van der Waals surface area contributed by atoms with Crippen LogP contribution in [-0.4, -0.2) is 21.4 Å². The smallest absolute Gasteiger partial charge is 0.321 e. The number of carboxylic acids is 1. The van der Waals surface area contributed by atoms with E-state index in [2.05, 4.69) is 37.3 Å². The van der Waals surface area contributed by atoms with Gasteiger partial charge < -0.3 is 5.11 Å². The Labute approximate surface area is 132 Å². The van der Waals surface area contributed by atoms with Gasteiger partial charge >= 0.3 is 5.97 Å². The van der Waals surface area contributed by atoms with Crippen molar-refractivity contribution >= 4 is 29.3 Å². The van der Waals surface area contributed by atoms with E-state index in [0.717, 1.165) is 6.54 Å². The van der Waals surface area contributed by atoms with Gasteiger partial charge in [-0.2, -0.15) is 0 Å². The minimum absolute atomic E-state index is 0.405. The summed E-state index contributed by atoms with van der Waals surface area (Å²) in [6.07, 6.45) is 0.627. The van der Waals surface area contributed by atoms with Crippen LogP contribution in [0, 0.1) is 6.92 Å². The molecule has 1 aliphatic rings. The van der Waals surface area contributed by atoms with E-state index in [4.69, 9.17) is 0 Å². The van der Waals surface area contributed by atoms with Crippen molar-refractivity contribution in [3.63, 3.8) is 0 Å². The monoisotopic (exact) mass is 319 g/mol. The van der Waals surface area contributed by atoms with Crippen LogP contribution in [0.5, 0.6) is 0 Å². The molecular formula is C16H17NO2S2. The molecule has 0 aliphatic carbocycles. The number of hydrogen-bond acceptors (Lipinski definition) is 4. The largest absolute Gasteiger partial charge is 0.480 e. The van der Waals surface area contributed by atoms with E-state index < -0.39 is 12.0 Å². The first-order valence-electron chi connectivity index (χ1n) is 6.95. The summed E-state index contributed by atoms with van der Waals surface area (Å²) >= 11 is 3.35. The molecule has 1 aromatic heterocycles. The molecule has 1 aliphatic heterocycles. The van der Waals surface area contributed by atoms with Crippen molar-refractivity contribution in [1.29, 1.82) is 0 Å². The van der Waals surface area contributed by atoms with Crippen molar-refractivity contribution in [2.45, 2.75) is 37.8 Å². The van der Waals surface area contributed by atoms with Gasteiger partial charge in [-0.15, -0.1) is 11.3 Å². The third-order valence-electron chi connectivity index (χ3n) is 3.64. The summed E-state index contributed by atoms with van der Waals surface area (Å²) in [5, 5.41) is 9.26. The SMILES string of the molecule is CCC(C(=O)O)N1Cc2sc(-c3ccc(C)cc3)cc2S1. The van der Waals surface area contributed by atoms with Gasteiger partial charge in [-0.3, -0.25) is 4.79 Å². The quantitative estimate of drug-likeness (QED) is 0.848. The van der Waals surface area contributed by atoms with Gasteiger partial charge in [0.05, 0.1) is 0 Å². The van der Waals surface area contributed by atoms with Gasteiger partial charge in [0, 0.05) is 21.2 Å². The minimum Gasteiger partial charge on any atom is -0.480 e. The Bertz CT molecular complexity index is 640. The summed E-state index contributed by atoms with van der Waals surface area (Å²) in [6.45, 7) is 4.73. The van der Waals surface area contributed by atoms with Crippen LogP contribution in [0.2, 0.25) is 0 Å². The zero-order valence-corrected chi connectivity index (χ0v) is 13.6. The highest BCUT2D eigenvalue weighted by Gasteiger charge is 2.32. The maximum Gasteiger partial charge on any atom is 0.321 e. The molecule has 1 N–H and O–H groups in total. The second-order valence-corrected chi connectivity index (χ2v) is 7.42. The zero-order valence-electron chi connectivity index (χ0n) is 12.0. The fraction of sp³-hybridized carbons (Fsp3) is 0.312. The Morgan fingerprint density at radius 2 is 2.10 bits per heavy atom. The van der Waals surface area contributed by atoms with Crippen molar-refractivity contribution in [3.05, 3.63) is 40.8 Å². The van der Waals surface area contributed by atoms with Crippen molar-refractivity contribution in [2.24, 2.45) is 0 Å². The van der Waals surface area contributed by atoms with Crippen LogP contribution in [0.4, 0.5) is 0 Å². The molecule has 2 aromatic rings. The number of aliphatic carboxylic acids is 1. The Morgan fingerprint density at radius 3 is 2.67 bits per heavy atom. The number of nitrogens with zero attached hydrogens (tertiary/aromatic N) is 1. The lowest BCUT2D eigenvalue weighted by molar-refractivity contribution is -0.141. The summed E-state index contributed by atoms with van der Waals surface area (Å²) in [4.78, 5) is 15.0. The molecule has 3 nitrogen and oxygen atoms in total. The summed E-state index contributed by atoms with van der Waals surface area (Å²) in [6, 6.07) is 10.3. The summed E-state index contributed by atoms with van der Waals surface area (Å²) in [5.41, 5.74) is 2.49. The number of carboxylic acid groups (broad SMARTS) is 1. The molecule has 5 heteroatoms. The molecule has 0 radical (unpaired) electrons. The standard InChI is InChI=1S/C16H17NO2S2/c1-3-12(16(18)19)17-9-15-14(21-17)8-13(20-15)11-6-4-10(2)5-7-11/h4-8,12H,3,9H2,1-2H3,(H,18,19). The van der Waals surface area contributed by atoms with E-state index in [1.807, 2.05) is 11.2 Å². The topological polar surface area (TPSA) is 40.5 Å². The Hall–Kier alpha value is -1.30. The Kier molecular flexibility index (Phi) is 4.06. The first-order chi connectivity index (χ1) is 10.1. The number of rotatable bonds is 4. The van der Waals surface area contributed by atoms with Crippen molar-refractivity contribution in [3.8, 4) is 10.4 Å². The normalized spacial score (nSPS) is 15.9. The molecule has 21 heavy (non-hydrogen) atoms. The highest BCUT2D eigenvalue weighted by molar-refractivity contribution is 7.97. The maximum absolute atomic E-state index is 11.3. The molecule has 0 fully saturated rings. The Morgan fingerprint density at radius 1 is 1.38 bits per heavy atom. The van der Waals surface area contributed by atoms with Crippen molar-refractivity contribution in [2.75, 3.05) is 0 Å². The molecule has 2 heterocycles. The minimum atomic E-state index is -0.737. The fourth-order valence-electron chi connectivity index (χ4n) is 2.43. The van der Waals surface area contributed by atoms with Crippen LogP contribution in [-0.2, 0) is 11.3 Å². The first kappa shape index (κ1) is 14.6. The number of thiophene rings is 1. The lowest BCUT2D eigenvalue weighted by atomic mass is 10.1. The molecule has 1 atom stereocenters. The highest BCUT2D eigenvalue weighted by atomic mass is 32.2. The molecular weight excluding hydrogens is 302 g/mol. The van der Waals surface area contributed by atoms with Crippen LogP contribution in [0.1, 0.15) is 23.8 Å². The molecule has 0 spiro atoms. The summed E-state index contributed by atoms with van der Waals surface area (Å²) < 4.78 is 1.97. The molecule has 0 saturated heterocycles. The van der Waals surface area contributed by atoms with Gasteiger partial charge in [-0.05, 0) is 36.9 Å². The van der Waals surface area contributed by atoms with E-state index in [0.29, 0.717) is 6.42 Å². The molecule has 0 saturated carbocycles. The summed E-state index contributed by atoms with van der Waals surface area (Å²) in [5.74, 6) is -0.737. The molecule has 0 bridgehead atoms. The van der Waals surface area contributed by atoms with Gasteiger partial charge in [0.15, 0.2) is 0 Å². The number of fused-ring (bicyclic) bond motifs is 1. The van der Waals surface area contributed by atoms with Crippen LogP contribution in [0.3, 0.4) is 0 Å². The number of carbonyl (C=O) groups is 1. The second-order valence-electron chi connectivity index (χ2n) is 5.19. The van der Waals surface area contributed by atoms with Gasteiger partial charge in [-0.25, -0.2) is 4.31 Å². The van der Waals surface area contributed by atoms with Crippen molar-refractivity contribution < 1.29 is 9.90 Å². The van der Waals surface area contributed by atoms with E-state index >= 15 is 0 Å². The maximum atomic E-state index is 11.3.